The Hall–Kier alpha value is -2.29. The molecule has 2 heterocycles. The van der Waals surface area contributed by atoms with Crippen molar-refractivity contribution in [3.8, 4) is 0 Å². The number of β-lactam (4-membered cyclic amide) rings is 1. The van der Waals surface area contributed by atoms with Crippen LogP contribution < -0.4 is 22.2 Å². The van der Waals surface area contributed by atoms with Gasteiger partial charge in [-0.25, -0.2) is 4.79 Å². The summed E-state index contributed by atoms with van der Waals surface area (Å²) in [5.74, 6) is -5.38. The minimum atomic E-state index is -1.86. The number of hydrogen-bond donors (Lipinski definition) is 6. The van der Waals surface area contributed by atoms with Crippen molar-refractivity contribution in [2.24, 2.45) is 17.4 Å². The Morgan fingerprint density at radius 3 is 2.63 bits per heavy atom. The number of nitrogens with zero attached hydrogens (tertiary/aromatic N) is 1. The van der Waals surface area contributed by atoms with E-state index in [9.17, 15) is 29.4 Å². The predicted molar refractivity (Wildman–Crippen MR) is 109 cm³/mol. The molecule has 0 aromatic carbocycles. The standard InChI is InChI=1S/C16H23N5O7S2/c1-28-16(20-10(22)8(11(23)24)3-2-4-17)13(27)21-9(12(25)26)7(5-29-14(16)21)6-30-15(18)19/h8,14H,2-6,17H2,1H3,(H3,18,19)(H,20,22)(H,23,24)(H,25,26)/p+1/t8?,14-,16-/m0/s1. The molecule has 0 aliphatic carbocycles. The van der Waals surface area contributed by atoms with Crippen molar-refractivity contribution < 1.29 is 39.5 Å². The molecule has 1 unspecified atom stereocenters. The average molecular weight is 463 g/mol. The van der Waals surface area contributed by atoms with Crippen LogP contribution in [0.3, 0.4) is 0 Å². The first kappa shape index (κ1) is 24.0. The quantitative estimate of drug-likeness (QED) is 0.0631. The third-order valence-electron chi connectivity index (χ3n) is 4.67. The summed E-state index contributed by atoms with van der Waals surface area (Å²) in [5.41, 5.74) is 9.16. The molecule has 2 aliphatic heterocycles. The zero-order chi connectivity index (χ0) is 22.6. The maximum absolute atomic E-state index is 12.9. The average Bonchev–Trinajstić information content (AvgIpc) is 2.69. The molecule has 9 N–H and O–H groups in total. The summed E-state index contributed by atoms with van der Waals surface area (Å²) in [4.78, 5) is 49.8. The molecule has 14 heteroatoms. The van der Waals surface area contributed by atoms with Gasteiger partial charge in [0.05, 0.1) is 0 Å². The number of nitrogens with one attached hydrogen (secondary N) is 1. The topological polar surface area (TPSA) is 211 Å². The number of amides is 2. The van der Waals surface area contributed by atoms with Crippen LogP contribution in [0.1, 0.15) is 12.8 Å². The highest BCUT2D eigenvalue weighted by Gasteiger charge is 2.67. The Balaban J connectivity index is 2.28. The normalized spacial score (nSPS) is 24.0. The second-order valence-corrected chi connectivity index (χ2v) is 8.65. The van der Waals surface area contributed by atoms with Gasteiger partial charge in [-0.1, -0.05) is 0 Å². The van der Waals surface area contributed by atoms with E-state index in [0.717, 1.165) is 16.7 Å². The van der Waals surface area contributed by atoms with Crippen molar-refractivity contribution in [2.45, 2.75) is 23.9 Å². The molecule has 0 spiro atoms. The Bertz CT molecular complexity index is 805. The number of rotatable bonds is 10. The maximum atomic E-state index is 12.9. The minimum Gasteiger partial charge on any atom is -0.481 e. The number of thioether (sulfide) groups is 2. The molecule has 1 saturated heterocycles. The largest absolute Gasteiger partial charge is 0.481 e. The number of ether oxygens (including phenoxy) is 1. The molecule has 2 aliphatic rings. The van der Waals surface area contributed by atoms with Crippen LogP contribution in [0.2, 0.25) is 0 Å². The second kappa shape index (κ2) is 9.68. The number of methoxy groups -OCH3 is 1. The second-order valence-electron chi connectivity index (χ2n) is 6.54. The summed E-state index contributed by atoms with van der Waals surface area (Å²) < 4.78 is 5.30. The number of nitrogens with two attached hydrogens (primary N) is 3. The predicted octanol–water partition coefficient (Wildman–Crippen LogP) is -3.05. The summed E-state index contributed by atoms with van der Waals surface area (Å²) >= 11 is 2.22. The van der Waals surface area contributed by atoms with Gasteiger partial charge in [-0.3, -0.25) is 30.4 Å². The van der Waals surface area contributed by atoms with Gasteiger partial charge < -0.3 is 26.0 Å². The van der Waals surface area contributed by atoms with Crippen LogP contribution in [0.4, 0.5) is 0 Å². The van der Waals surface area contributed by atoms with Gasteiger partial charge in [0.25, 0.3) is 16.8 Å². The SMILES string of the molecule is CO[C@@]1(NC(=O)C(CCCN)C(=O)O)C(=O)N2C(C(=O)O)=C(CSC(N)=[NH2+])CS[C@H]21. The van der Waals surface area contributed by atoms with Crippen molar-refractivity contribution in [1.82, 2.24) is 10.2 Å². The van der Waals surface area contributed by atoms with Gasteiger partial charge in [-0.15, -0.1) is 11.8 Å². The van der Waals surface area contributed by atoms with Crippen molar-refractivity contribution in [1.29, 1.82) is 0 Å². The molecule has 0 radical (unpaired) electrons. The van der Waals surface area contributed by atoms with Gasteiger partial charge in [0.15, 0.2) is 0 Å². The van der Waals surface area contributed by atoms with Gasteiger partial charge in [-0.2, -0.15) is 0 Å². The number of carboxylic acids is 2. The molecule has 0 aromatic rings. The van der Waals surface area contributed by atoms with Gasteiger partial charge >= 0.3 is 11.9 Å². The summed E-state index contributed by atoms with van der Waals surface area (Å²) in [6.07, 6.45) is 0.294. The number of fused-ring (bicyclic) bond motifs is 1. The molecule has 3 atom stereocenters. The number of carbonyl (C=O) groups excluding carboxylic acids is 2. The number of carbonyl (C=O) groups is 4. The van der Waals surface area contributed by atoms with E-state index in [4.69, 9.17) is 21.6 Å². The molecule has 0 bridgehead atoms. The molecule has 2 rings (SSSR count). The van der Waals surface area contributed by atoms with E-state index in [-0.39, 0.29) is 35.3 Å². The maximum Gasteiger partial charge on any atom is 0.352 e. The minimum absolute atomic E-state index is 0.00810. The van der Waals surface area contributed by atoms with E-state index >= 15 is 0 Å². The molecular formula is C16H24N5O7S2+. The van der Waals surface area contributed by atoms with Crippen molar-refractivity contribution in [3.63, 3.8) is 0 Å². The Labute approximate surface area is 180 Å². The third-order valence-corrected chi connectivity index (χ3v) is 6.87. The molecule has 12 nitrogen and oxygen atoms in total. The van der Waals surface area contributed by atoms with Gasteiger partial charge in [0.2, 0.25) is 5.91 Å². The lowest BCUT2D eigenvalue weighted by atomic mass is 9.95. The molecule has 30 heavy (non-hydrogen) atoms. The zero-order valence-corrected chi connectivity index (χ0v) is 17.8. The van der Waals surface area contributed by atoms with Crippen LogP contribution >= 0.6 is 23.5 Å². The lowest BCUT2D eigenvalue weighted by Crippen LogP contribution is -2.81. The number of carboxylic acid groups (broad SMARTS) is 2. The molecule has 2 amide bonds. The van der Waals surface area contributed by atoms with Gasteiger partial charge in [-0.05, 0) is 36.7 Å². The van der Waals surface area contributed by atoms with Crippen molar-refractivity contribution >= 4 is 52.4 Å². The highest BCUT2D eigenvalue weighted by molar-refractivity contribution is 8.13. The number of aliphatic carboxylic acids is 2. The lowest BCUT2D eigenvalue weighted by molar-refractivity contribution is -0.193. The number of amidine groups is 1. The molecule has 1 fully saturated rings. The zero-order valence-electron chi connectivity index (χ0n) is 16.1. The fourth-order valence-electron chi connectivity index (χ4n) is 3.18. The van der Waals surface area contributed by atoms with Crippen LogP contribution in [0, 0.1) is 5.92 Å². The van der Waals surface area contributed by atoms with Crippen LogP contribution in [0.25, 0.3) is 0 Å². The Kier molecular flexibility index (Phi) is 7.74. The van der Waals surface area contributed by atoms with Crippen molar-refractivity contribution in [3.05, 3.63) is 11.3 Å². The van der Waals surface area contributed by atoms with Crippen LogP contribution in [-0.2, 0) is 23.9 Å². The van der Waals surface area contributed by atoms with E-state index in [1.165, 1.54) is 18.9 Å². The first-order chi connectivity index (χ1) is 14.1. The van der Waals surface area contributed by atoms with Gasteiger partial charge in [0, 0.05) is 18.6 Å². The van der Waals surface area contributed by atoms with Gasteiger partial charge in [0.1, 0.15) is 17.0 Å². The smallest absolute Gasteiger partial charge is 0.352 e. The fourth-order valence-corrected chi connectivity index (χ4v) is 5.33. The molecule has 0 aromatic heterocycles. The number of hydrogen-bond acceptors (Lipinski definition) is 8. The van der Waals surface area contributed by atoms with E-state index in [1.807, 2.05) is 0 Å². The first-order valence-electron chi connectivity index (χ1n) is 8.82. The summed E-state index contributed by atoms with van der Waals surface area (Å²) in [5, 5.41) is 26.0. The lowest BCUT2D eigenvalue weighted by Gasteiger charge is -2.56. The molecule has 0 saturated carbocycles. The van der Waals surface area contributed by atoms with Crippen LogP contribution in [-0.4, -0.2) is 80.3 Å². The van der Waals surface area contributed by atoms with E-state index in [2.05, 4.69) is 5.32 Å². The summed E-state index contributed by atoms with van der Waals surface area (Å²) in [6.45, 7) is 0.204. The molecule has 166 valence electrons. The first-order valence-corrected chi connectivity index (χ1v) is 10.9. The molecular weight excluding hydrogens is 438 g/mol. The monoisotopic (exact) mass is 462 g/mol. The van der Waals surface area contributed by atoms with E-state index < -0.39 is 40.8 Å². The summed E-state index contributed by atoms with van der Waals surface area (Å²) in [7, 11) is 1.19. The Morgan fingerprint density at radius 1 is 1.47 bits per heavy atom. The summed E-state index contributed by atoms with van der Waals surface area (Å²) in [6, 6.07) is 0. The van der Waals surface area contributed by atoms with Crippen molar-refractivity contribution in [2.75, 3.05) is 25.2 Å². The Morgan fingerprint density at radius 2 is 2.13 bits per heavy atom. The van der Waals surface area contributed by atoms with Crippen LogP contribution in [0.15, 0.2) is 11.3 Å². The highest BCUT2D eigenvalue weighted by Crippen LogP contribution is 2.47. The van der Waals surface area contributed by atoms with Crippen LogP contribution in [0.5, 0.6) is 0 Å². The van der Waals surface area contributed by atoms with E-state index in [0.29, 0.717) is 12.0 Å². The third kappa shape index (κ3) is 4.40. The van der Waals surface area contributed by atoms with E-state index in [1.54, 1.807) is 0 Å². The fraction of sp³-hybridized carbons (Fsp3) is 0.562. The highest BCUT2D eigenvalue weighted by atomic mass is 32.2.